The molecule has 0 heterocycles. The fourth-order valence-corrected chi connectivity index (χ4v) is 3.43. The highest BCUT2D eigenvalue weighted by Crippen LogP contribution is 2.53. The van der Waals surface area contributed by atoms with E-state index in [1.54, 1.807) is 0 Å². The molecule has 0 amide bonds. The average molecular weight is 285 g/mol. The van der Waals surface area contributed by atoms with Gasteiger partial charge in [0.15, 0.2) is 0 Å². The van der Waals surface area contributed by atoms with Crippen molar-refractivity contribution in [3.63, 3.8) is 0 Å². The van der Waals surface area contributed by atoms with Crippen molar-refractivity contribution in [3.8, 4) is 0 Å². The second-order valence-corrected chi connectivity index (χ2v) is 6.69. The molecular formula is C20H44. The summed E-state index contributed by atoms with van der Waals surface area (Å²) in [4.78, 5) is 0. The molecule has 0 aromatic carbocycles. The molecule has 1 unspecified atom stereocenters. The van der Waals surface area contributed by atoms with Gasteiger partial charge in [0, 0.05) is 0 Å². The van der Waals surface area contributed by atoms with Gasteiger partial charge in [-0.1, -0.05) is 82.1 Å². The molecule has 1 aliphatic carbocycles. The van der Waals surface area contributed by atoms with Gasteiger partial charge in [0.05, 0.1) is 0 Å². The summed E-state index contributed by atoms with van der Waals surface area (Å²) in [7, 11) is 0. The Morgan fingerprint density at radius 2 is 1.35 bits per heavy atom. The van der Waals surface area contributed by atoms with Crippen molar-refractivity contribution in [2.75, 3.05) is 0 Å². The average Bonchev–Trinajstić information content (AvgIpc) is 2.44. The van der Waals surface area contributed by atoms with E-state index in [1.807, 2.05) is 27.7 Å². The van der Waals surface area contributed by atoms with Crippen molar-refractivity contribution < 1.29 is 0 Å². The van der Waals surface area contributed by atoms with E-state index in [1.165, 1.54) is 25.7 Å². The molecule has 1 saturated carbocycles. The standard InChI is InChI=1S/C14H28.2C2H6.C2H4/c1-7-12(14(5,6)8-2)11-9-13(3,4)10-11;3*1-2/h11-12H,7-10H2,1-6H3;2*1-2H3;1-2H2. The maximum atomic E-state index is 3.00. The lowest BCUT2D eigenvalue weighted by Crippen LogP contribution is -2.41. The second-order valence-electron chi connectivity index (χ2n) is 6.69. The Balaban J connectivity index is -0.000000425. The zero-order chi connectivity index (χ0) is 17.0. The van der Waals surface area contributed by atoms with Gasteiger partial charge in [-0.15, -0.1) is 13.2 Å². The minimum absolute atomic E-state index is 0.552. The first-order valence-electron chi connectivity index (χ1n) is 8.82. The molecule has 124 valence electrons. The zero-order valence-electron chi connectivity index (χ0n) is 16.4. The first-order chi connectivity index (χ1) is 9.32. The maximum Gasteiger partial charge on any atom is -0.0326 e. The van der Waals surface area contributed by atoms with Crippen molar-refractivity contribution in [3.05, 3.63) is 13.2 Å². The van der Waals surface area contributed by atoms with Gasteiger partial charge >= 0.3 is 0 Å². The Morgan fingerprint density at radius 1 is 1.00 bits per heavy atom. The van der Waals surface area contributed by atoms with Gasteiger partial charge in [-0.3, -0.25) is 0 Å². The van der Waals surface area contributed by atoms with Gasteiger partial charge in [-0.05, 0) is 35.5 Å². The predicted octanol–water partition coefficient (Wildman–Crippen LogP) is 7.74. The van der Waals surface area contributed by atoms with Crippen LogP contribution in [0.1, 0.15) is 94.9 Å². The minimum atomic E-state index is 0.552. The van der Waals surface area contributed by atoms with E-state index in [4.69, 9.17) is 0 Å². The van der Waals surface area contributed by atoms with Gasteiger partial charge in [0.25, 0.3) is 0 Å². The molecule has 1 atom stereocenters. The smallest absolute Gasteiger partial charge is 0.0326 e. The Bertz CT molecular complexity index is 192. The van der Waals surface area contributed by atoms with Crippen LogP contribution in [0, 0.1) is 22.7 Å². The van der Waals surface area contributed by atoms with Crippen molar-refractivity contribution >= 4 is 0 Å². The van der Waals surface area contributed by atoms with Crippen LogP contribution in [0.4, 0.5) is 0 Å². The highest BCUT2D eigenvalue weighted by molar-refractivity contribution is 4.94. The molecule has 1 rings (SSSR count). The van der Waals surface area contributed by atoms with Crippen LogP contribution in [0.15, 0.2) is 13.2 Å². The summed E-state index contributed by atoms with van der Waals surface area (Å²) in [6.07, 6.45) is 5.59. The fourth-order valence-electron chi connectivity index (χ4n) is 3.43. The summed E-state index contributed by atoms with van der Waals surface area (Å²) < 4.78 is 0. The lowest BCUT2D eigenvalue weighted by atomic mass is 9.54. The first kappa shape index (κ1) is 24.7. The molecule has 0 radical (unpaired) electrons. The summed E-state index contributed by atoms with van der Waals surface area (Å²) in [6, 6.07) is 0. The topological polar surface area (TPSA) is 0 Å². The van der Waals surface area contributed by atoms with Crippen molar-refractivity contribution in [1.82, 2.24) is 0 Å². The maximum absolute atomic E-state index is 3.00. The lowest BCUT2D eigenvalue weighted by Gasteiger charge is -2.51. The van der Waals surface area contributed by atoms with Crippen LogP contribution in [0.5, 0.6) is 0 Å². The highest BCUT2D eigenvalue weighted by atomic mass is 14.5. The summed E-state index contributed by atoms with van der Waals surface area (Å²) in [5.41, 5.74) is 1.19. The van der Waals surface area contributed by atoms with E-state index in [2.05, 4.69) is 54.7 Å². The molecule has 1 fully saturated rings. The van der Waals surface area contributed by atoms with Crippen LogP contribution in [-0.2, 0) is 0 Å². The third kappa shape index (κ3) is 8.12. The largest absolute Gasteiger partial charge is 0.106 e. The van der Waals surface area contributed by atoms with Crippen LogP contribution in [-0.4, -0.2) is 0 Å². The van der Waals surface area contributed by atoms with Gasteiger partial charge in [-0.2, -0.15) is 0 Å². The van der Waals surface area contributed by atoms with Crippen LogP contribution in [0.2, 0.25) is 0 Å². The molecule has 0 nitrogen and oxygen atoms in total. The molecular weight excluding hydrogens is 240 g/mol. The van der Waals surface area contributed by atoms with Crippen molar-refractivity contribution in [1.29, 1.82) is 0 Å². The molecule has 0 aromatic rings. The number of hydrogen-bond acceptors (Lipinski definition) is 0. The van der Waals surface area contributed by atoms with Crippen LogP contribution in [0.25, 0.3) is 0 Å². The Labute approximate surface area is 131 Å². The molecule has 0 bridgehead atoms. The third-order valence-electron chi connectivity index (χ3n) is 4.55. The van der Waals surface area contributed by atoms with E-state index >= 15 is 0 Å². The summed E-state index contributed by atoms with van der Waals surface area (Å²) in [6.45, 7) is 28.4. The number of rotatable bonds is 4. The molecule has 0 aromatic heterocycles. The van der Waals surface area contributed by atoms with E-state index in [0.29, 0.717) is 10.8 Å². The van der Waals surface area contributed by atoms with E-state index in [0.717, 1.165) is 11.8 Å². The van der Waals surface area contributed by atoms with E-state index in [-0.39, 0.29) is 0 Å². The Hall–Kier alpha value is -0.260. The summed E-state index contributed by atoms with van der Waals surface area (Å²) >= 11 is 0. The van der Waals surface area contributed by atoms with Gasteiger partial charge < -0.3 is 0 Å². The summed E-state index contributed by atoms with van der Waals surface area (Å²) in [5.74, 6) is 1.95. The third-order valence-corrected chi connectivity index (χ3v) is 4.55. The molecule has 0 heteroatoms. The first-order valence-corrected chi connectivity index (χ1v) is 8.82. The molecule has 0 N–H and O–H groups in total. The van der Waals surface area contributed by atoms with Gasteiger partial charge in [-0.25, -0.2) is 0 Å². The van der Waals surface area contributed by atoms with Crippen LogP contribution in [0.3, 0.4) is 0 Å². The van der Waals surface area contributed by atoms with Crippen molar-refractivity contribution in [2.24, 2.45) is 22.7 Å². The van der Waals surface area contributed by atoms with Gasteiger partial charge in [0.1, 0.15) is 0 Å². The molecule has 1 aliphatic rings. The monoisotopic (exact) mass is 284 g/mol. The van der Waals surface area contributed by atoms with Crippen LogP contribution >= 0.6 is 0 Å². The second kappa shape index (κ2) is 12.5. The van der Waals surface area contributed by atoms with E-state index < -0.39 is 0 Å². The molecule has 0 spiro atoms. The molecule has 20 heavy (non-hydrogen) atoms. The minimum Gasteiger partial charge on any atom is -0.106 e. The van der Waals surface area contributed by atoms with Crippen LogP contribution < -0.4 is 0 Å². The molecule has 0 aliphatic heterocycles. The zero-order valence-corrected chi connectivity index (χ0v) is 16.4. The Morgan fingerprint density at radius 3 is 1.55 bits per heavy atom. The number of hydrogen-bond donors (Lipinski definition) is 0. The highest BCUT2D eigenvalue weighted by Gasteiger charge is 2.44. The lowest BCUT2D eigenvalue weighted by molar-refractivity contribution is -0.00659. The predicted molar refractivity (Wildman–Crippen MR) is 98.3 cm³/mol. The summed E-state index contributed by atoms with van der Waals surface area (Å²) in [5, 5.41) is 0. The van der Waals surface area contributed by atoms with Gasteiger partial charge in [0.2, 0.25) is 0 Å². The quantitative estimate of drug-likeness (QED) is 0.463. The normalized spacial score (nSPS) is 17.9. The van der Waals surface area contributed by atoms with Crippen molar-refractivity contribution in [2.45, 2.75) is 94.9 Å². The molecule has 0 saturated heterocycles. The van der Waals surface area contributed by atoms with E-state index in [9.17, 15) is 0 Å². The Kier molecular flexibility index (Phi) is 15.4. The fraction of sp³-hybridized carbons (Fsp3) is 0.900. The SMILES string of the molecule is C=C.CC.CC.CCC(C1CC(C)(C)C1)C(C)(C)CC.